The topological polar surface area (TPSA) is 64.4 Å². The van der Waals surface area contributed by atoms with E-state index in [1.54, 1.807) is 25.6 Å². The zero-order valence-electron chi connectivity index (χ0n) is 14.1. The minimum absolute atomic E-state index is 0.198. The van der Waals surface area contributed by atoms with Crippen molar-refractivity contribution in [3.63, 3.8) is 0 Å². The fourth-order valence-corrected chi connectivity index (χ4v) is 2.83. The first kappa shape index (κ1) is 16.9. The summed E-state index contributed by atoms with van der Waals surface area (Å²) in [4.78, 5) is 16.9. The highest BCUT2D eigenvalue weighted by atomic mass is 16.5. The van der Waals surface area contributed by atoms with Crippen LogP contribution in [0.4, 0.5) is 0 Å². The molecule has 0 aliphatic carbocycles. The van der Waals surface area contributed by atoms with Gasteiger partial charge >= 0.3 is 0 Å². The van der Waals surface area contributed by atoms with Crippen molar-refractivity contribution in [1.29, 1.82) is 0 Å². The van der Waals surface area contributed by atoms with Crippen LogP contribution < -0.4 is 5.32 Å². The molecule has 0 fully saturated rings. The number of benzene rings is 1. The molecule has 0 saturated heterocycles. The maximum atomic E-state index is 12.9. The van der Waals surface area contributed by atoms with Crippen LogP contribution in [0.5, 0.6) is 0 Å². The number of carbonyl (C=O) groups is 1. The van der Waals surface area contributed by atoms with E-state index in [0.29, 0.717) is 18.6 Å². The maximum Gasteiger partial charge on any atom is 0.287 e. The Bertz CT molecular complexity index is 871. The van der Waals surface area contributed by atoms with E-state index in [0.717, 1.165) is 16.5 Å². The summed E-state index contributed by atoms with van der Waals surface area (Å²) >= 11 is 0. The number of pyridine rings is 1. The van der Waals surface area contributed by atoms with Gasteiger partial charge in [0.2, 0.25) is 0 Å². The van der Waals surface area contributed by atoms with Gasteiger partial charge < -0.3 is 14.5 Å². The Morgan fingerprint density at radius 1 is 1.32 bits per heavy atom. The number of carbonyl (C=O) groups excluding carboxylic acids is 1. The highest BCUT2D eigenvalue weighted by Crippen LogP contribution is 2.27. The molecule has 25 heavy (non-hydrogen) atoms. The van der Waals surface area contributed by atoms with Crippen LogP contribution in [0.2, 0.25) is 0 Å². The Morgan fingerprint density at radius 3 is 2.80 bits per heavy atom. The molecule has 0 unspecified atom stereocenters. The molecule has 2 heterocycles. The van der Waals surface area contributed by atoms with Gasteiger partial charge in [0.05, 0.1) is 12.6 Å². The fraction of sp³-hybridized carbons (Fsp3) is 0.200. The van der Waals surface area contributed by atoms with Crippen molar-refractivity contribution in [1.82, 2.24) is 10.3 Å². The number of nitrogens with zero attached hydrogens (tertiary/aromatic N) is 1. The first-order valence-electron chi connectivity index (χ1n) is 8.05. The van der Waals surface area contributed by atoms with Crippen molar-refractivity contribution in [2.24, 2.45) is 0 Å². The summed E-state index contributed by atoms with van der Waals surface area (Å²) in [7, 11) is 1.60. The molecule has 5 nitrogen and oxygen atoms in total. The smallest absolute Gasteiger partial charge is 0.287 e. The van der Waals surface area contributed by atoms with Crippen molar-refractivity contribution in [3.8, 4) is 0 Å². The van der Waals surface area contributed by atoms with Crippen molar-refractivity contribution >= 4 is 16.9 Å². The van der Waals surface area contributed by atoms with E-state index < -0.39 is 0 Å². The first-order chi connectivity index (χ1) is 12.2. The number of para-hydroxylation sites is 1. The molecule has 1 aromatic carbocycles. The van der Waals surface area contributed by atoms with Crippen LogP contribution in [0.25, 0.3) is 11.0 Å². The lowest BCUT2D eigenvalue weighted by molar-refractivity contribution is 0.0904. The molecule has 3 rings (SSSR count). The number of nitrogens with one attached hydrogen (secondary N) is 1. The number of hydrogen-bond donors (Lipinski definition) is 1. The fourth-order valence-electron chi connectivity index (χ4n) is 2.83. The highest BCUT2D eigenvalue weighted by Gasteiger charge is 2.23. The van der Waals surface area contributed by atoms with Gasteiger partial charge in [-0.15, -0.1) is 6.58 Å². The maximum absolute atomic E-state index is 12.9. The second kappa shape index (κ2) is 7.77. The van der Waals surface area contributed by atoms with Crippen molar-refractivity contribution < 1.29 is 13.9 Å². The molecule has 0 aliphatic heterocycles. The zero-order chi connectivity index (χ0) is 17.6. The second-order valence-electron chi connectivity index (χ2n) is 5.67. The van der Waals surface area contributed by atoms with Gasteiger partial charge in [-0.25, -0.2) is 0 Å². The lowest BCUT2D eigenvalue weighted by Crippen LogP contribution is -2.28. The summed E-state index contributed by atoms with van der Waals surface area (Å²) in [5.74, 6) is 0.0121. The van der Waals surface area contributed by atoms with Gasteiger partial charge in [0.15, 0.2) is 5.76 Å². The van der Waals surface area contributed by atoms with E-state index in [9.17, 15) is 4.79 Å². The van der Waals surface area contributed by atoms with Crippen LogP contribution in [-0.2, 0) is 11.3 Å². The quantitative estimate of drug-likeness (QED) is 0.662. The molecule has 0 radical (unpaired) electrons. The summed E-state index contributed by atoms with van der Waals surface area (Å²) in [6.07, 6.45) is 5.79. The predicted molar refractivity (Wildman–Crippen MR) is 96.2 cm³/mol. The SMILES string of the molecule is C=CC[C@H](NC(=O)c1oc2ccccc2c1COC)c1ccncc1. The number of aromatic nitrogens is 1. The van der Waals surface area contributed by atoms with Crippen LogP contribution in [0.1, 0.15) is 34.1 Å². The van der Waals surface area contributed by atoms with Crippen molar-refractivity contribution in [2.75, 3.05) is 7.11 Å². The van der Waals surface area contributed by atoms with Crippen LogP contribution in [0.15, 0.2) is 65.9 Å². The molecule has 0 saturated carbocycles. The van der Waals surface area contributed by atoms with Crippen LogP contribution in [-0.4, -0.2) is 18.0 Å². The zero-order valence-corrected chi connectivity index (χ0v) is 14.1. The number of methoxy groups -OCH3 is 1. The normalized spacial score (nSPS) is 12.0. The molecule has 3 aromatic rings. The summed E-state index contributed by atoms with van der Waals surface area (Å²) in [6.45, 7) is 4.08. The largest absolute Gasteiger partial charge is 0.451 e. The molecule has 1 N–H and O–H groups in total. The summed E-state index contributed by atoms with van der Waals surface area (Å²) in [5.41, 5.74) is 2.39. The van der Waals surface area contributed by atoms with Gasteiger partial charge in [-0.1, -0.05) is 24.3 Å². The molecule has 128 valence electrons. The highest BCUT2D eigenvalue weighted by molar-refractivity contribution is 5.99. The van der Waals surface area contributed by atoms with Gasteiger partial charge in [-0.05, 0) is 30.2 Å². The summed E-state index contributed by atoms with van der Waals surface area (Å²) in [6, 6.07) is 11.1. The van der Waals surface area contributed by atoms with E-state index >= 15 is 0 Å². The monoisotopic (exact) mass is 336 g/mol. The number of fused-ring (bicyclic) bond motifs is 1. The van der Waals surface area contributed by atoms with E-state index in [4.69, 9.17) is 9.15 Å². The Labute approximate surface area is 146 Å². The Balaban J connectivity index is 1.93. The third-order valence-corrected chi connectivity index (χ3v) is 4.01. The molecular weight excluding hydrogens is 316 g/mol. The number of rotatable bonds is 7. The average molecular weight is 336 g/mol. The molecule has 1 atom stereocenters. The van der Waals surface area contributed by atoms with Crippen LogP contribution >= 0.6 is 0 Å². The Hall–Kier alpha value is -2.92. The number of ether oxygens (including phenoxy) is 1. The minimum Gasteiger partial charge on any atom is -0.451 e. The number of hydrogen-bond acceptors (Lipinski definition) is 4. The predicted octanol–water partition coefficient (Wildman–Crippen LogP) is 4.02. The molecule has 2 aromatic heterocycles. The third-order valence-electron chi connectivity index (χ3n) is 4.01. The summed E-state index contributed by atoms with van der Waals surface area (Å²) < 4.78 is 11.1. The van der Waals surface area contributed by atoms with Gasteiger partial charge in [-0.3, -0.25) is 9.78 Å². The van der Waals surface area contributed by atoms with Gasteiger partial charge in [0, 0.05) is 30.5 Å². The summed E-state index contributed by atoms with van der Waals surface area (Å²) in [5, 5.41) is 3.91. The Morgan fingerprint density at radius 2 is 2.08 bits per heavy atom. The third kappa shape index (κ3) is 3.61. The van der Waals surface area contributed by atoms with Crippen molar-refractivity contribution in [2.45, 2.75) is 19.1 Å². The first-order valence-corrected chi connectivity index (χ1v) is 8.05. The molecule has 1 amide bonds. The molecule has 0 aliphatic rings. The Kier molecular flexibility index (Phi) is 5.26. The van der Waals surface area contributed by atoms with Gasteiger partial charge in [0.1, 0.15) is 5.58 Å². The lowest BCUT2D eigenvalue weighted by Gasteiger charge is -2.17. The van der Waals surface area contributed by atoms with E-state index in [1.807, 2.05) is 36.4 Å². The van der Waals surface area contributed by atoms with E-state index in [-0.39, 0.29) is 17.7 Å². The minimum atomic E-state index is -0.271. The molecular formula is C20H20N2O3. The number of furan rings is 1. The number of amides is 1. The molecule has 0 spiro atoms. The molecule has 5 heteroatoms. The van der Waals surface area contributed by atoms with Crippen molar-refractivity contribution in [3.05, 3.63) is 78.3 Å². The molecule has 0 bridgehead atoms. The van der Waals surface area contributed by atoms with E-state index in [2.05, 4.69) is 16.9 Å². The standard InChI is InChI=1S/C20H20N2O3/c1-3-6-17(14-9-11-21-12-10-14)22-20(23)19-16(13-24-2)15-7-4-5-8-18(15)25-19/h3-5,7-12,17H,1,6,13H2,2H3,(H,22,23)/t17-/m0/s1. The van der Waals surface area contributed by atoms with Gasteiger partial charge in [-0.2, -0.15) is 0 Å². The van der Waals surface area contributed by atoms with Crippen LogP contribution in [0, 0.1) is 0 Å². The van der Waals surface area contributed by atoms with Crippen LogP contribution in [0.3, 0.4) is 0 Å². The van der Waals surface area contributed by atoms with E-state index in [1.165, 1.54) is 0 Å². The second-order valence-corrected chi connectivity index (χ2v) is 5.67. The lowest BCUT2D eigenvalue weighted by atomic mass is 10.0. The van der Waals surface area contributed by atoms with Gasteiger partial charge in [0.25, 0.3) is 5.91 Å². The average Bonchev–Trinajstić information content (AvgIpc) is 3.01.